The third kappa shape index (κ3) is 0.736. The summed E-state index contributed by atoms with van der Waals surface area (Å²) in [6.07, 6.45) is 0.669. The lowest BCUT2D eigenvalue weighted by Gasteiger charge is -2.23. The van der Waals surface area contributed by atoms with E-state index in [0.717, 1.165) is 0 Å². The van der Waals surface area contributed by atoms with Gasteiger partial charge in [0.05, 0.1) is 6.61 Å². The highest BCUT2D eigenvalue weighted by Crippen LogP contribution is 2.18. The topological polar surface area (TPSA) is 43.4 Å². The van der Waals surface area contributed by atoms with Crippen molar-refractivity contribution in [3.63, 3.8) is 0 Å². The predicted molar refractivity (Wildman–Crippen MR) is 29.0 cm³/mol. The molecule has 0 radical (unpaired) electrons. The van der Waals surface area contributed by atoms with Gasteiger partial charge in [-0.25, -0.2) is 0 Å². The molecule has 0 aromatic rings. The molecule has 0 spiro atoms. The Morgan fingerprint density at radius 2 is 2.38 bits per heavy atom. The van der Waals surface area contributed by atoms with Crippen molar-refractivity contribution in [1.82, 2.24) is 0 Å². The Balaban J connectivity index is 2.64. The molecule has 4 heteroatoms. The Kier molecular flexibility index (Phi) is 1.28. The van der Waals surface area contributed by atoms with Gasteiger partial charge in [0.15, 0.2) is 0 Å². The molecule has 1 rings (SSSR count). The van der Waals surface area contributed by atoms with Crippen LogP contribution in [0.3, 0.4) is 0 Å². The summed E-state index contributed by atoms with van der Waals surface area (Å²) in [7, 11) is -3.07. The molecule has 0 amide bonds. The minimum absolute atomic E-state index is 0.220. The minimum atomic E-state index is -3.07. The average Bonchev–Trinajstić information content (AvgIpc) is 1.66. The first kappa shape index (κ1) is 6.04. The lowest BCUT2D eigenvalue weighted by atomic mass is 10.3. The van der Waals surface area contributed by atoms with Gasteiger partial charge in [0.1, 0.15) is 5.25 Å². The molecule has 1 fully saturated rings. The van der Waals surface area contributed by atoms with Gasteiger partial charge in [0, 0.05) is 0 Å². The summed E-state index contributed by atoms with van der Waals surface area (Å²) in [6.45, 7) is 2.23. The van der Waals surface area contributed by atoms with E-state index < -0.39 is 10.1 Å². The van der Waals surface area contributed by atoms with Crippen LogP contribution in [-0.4, -0.2) is 20.3 Å². The third-order valence-electron chi connectivity index (χ3n) is 1.28. The molecule has 3 nitrogen and oxygen atoms in total. The maximum absolute atomic E-state index is 10.4. The van der Waals surface area contributed by atoms with Crippen LogP contribution in [0.5, 0.6) is 0 Å². The van der Waals surface area contributed by atoms with Crippen LogP contribution in [0.15, 0.2) is 0 Å². The van der Waals surface area contributed by atoms with E-state index in [2.05, 4.69) is 4.18 Å². The first-order chi connectivity index (χ1) is 3.67. The average molecular weight is 136 g/mol. The van der Waals surface area contributed by atoms with Gasteiger partial charge in [0.2, 0.25) is 0 Å². The summed E-state index contributed by atoms with van der Waals surface area (Å²) < 4.78 is 25.1. The van der Waals surface area contributed by atoms with Crippen LogP contribution >= 0.6 is 0 Å². The van der Waals surface area contributed by atoms with Crippen molar-refractivity contribution in [2.45, 2.75) is 18.6 Å². The van der Waals surface area contributed by atoms with E-state index >= 15 is 0 Å². The van der Waals surface area contributed by atoms with Crippen LogP contribution in [0.4, 0.5) is 0 Å². The molecule has 1 saturated heterocycles. The van der Waals surface area contributed by atoms with Crippen molar-refractivity contribution in [3.05, 3.63) is 0 Å². The molecule has 0 bridgehead atoms. The molecule has 0 N–H and O–H groups in total. The zero-order chi connectivity index (χ0) is 6.20. The van der Waals surface area contributed by atoms with Crippen molar-refractivity contribution in [2.24, 2.45) is 0 Å². The van der Waals surface area contributed by atoms with Crippen LogP contribution < -0.4 is 0 Å². The molecule has 0 aromatic heterocycles. The third-order valence-corrected chi connectivity index (χ3v) is 3.03. The smallest absolute Gasteiger partial charge is 0.268 e. The SMILES string of the molecule is CCC1COS1(=O)=O. The van der Waals surface area contributed by atoms with E-state index in [9.17, 15) is 8.42 Å². The summed E-state index contributed by atoms with van der Waals surface area (Å²) in [5, 5.41) is -0.220. The van der Waals surface area contributed by atoms with Crippen LogP contribution in [0.2, 0.25) is 0 Å². The highest BCUT2D eigenvalue weighted by Gasteiger charge is 2.35. The zero-order valence-corrected chi connectivity index (χ0v) is 5.44. The second kappa shape index (κ2) is 1.70. The Bertz CT molecular complexity index is 168. The molecule has 8 heavy (non-hydrogen) atoms. The quantitative estimate of drug-likeness (QED) is 0.481. The fourth-order valence-corrected chi connectivity index (χ4v) is 1.56. The van der Waals surface area contributed by atoms with Crippen molar-refractivity contribution >= 4 is 10.1 Å². The van der Waals surface area contributed by atoms with Gasteiger partial charge in [-0.1, -0.05) is 6.92 Å². The molecule has 1 heterocycles. The van der Waals surface area contributed by atoms with Gasteiger partial charge >= 0.3 is 0 Å². The summed E-state index contributed by atoms with van der Waals surface area (Å²) >= 11 is 0. The zero-order valence-electron chi connectivity index (χ0n) is 4.62. The predicted octanol–water partition coefficient (Wildman–Crippen LogP) is 0.125. The Hall–Kier alpha value is -0.0900. The molecule has 1 unspecified atom stereocenters. The molecule has 0 aliphatic carbocycles. The van der Waals surface area contributed by atoms with Crippen LogP contribution in [-0.2, 0) is 14.3 Å². The van der Waals surface area contributed by atoms with Crippen LogP contribution in [0, 0.1) is 0 Å². The molecule has 1 atom stereocenters. The fourth-order valence-electron chi connectivity index (χ4n) is 0.597. The van der Waals surface area contributed by atoms with E-state index in [-0.39, 0.29) is 5.25 Å². The fraction of sp³-hybridized carbons (Fsp3) is 1.00. The minimum Gasteiger partial charge on any atom is -0.268 e. The van der Waals surface area contributed by atoms with Crippen molar-refractivity contribution < 1.29 is 12.6 Å². The van der Waals surface area contributed by atoms with Crippen LogP contribution in [0.25, 0.3) is 0 Å². The molecule has 1 aliphatic heterocycles. The van der Waals surface area contributed by atoms with Gasteiger partial charge in [-0.3, -0.25) is 4.18 Å². The summed E-state index contributed by atoms with van der Waals surface area (Å²) in [5.74, 6) is 0. The number of rotatable bonds is 1. The molecular weight excluding hydrogens is 128 g/mol. The molecule has 48 valence electrons. The second-order valence-electron chi connectivity index (χ2n) is 1.81. The maximum Gasteiger partial charge on any atom is 0.272 e. The Labute approximate surface area is 48.8 Å². The lowest BCUT2D eigenvalue weighted by Crippen LogP contribution is -2.39. The van der Waals surface area contributed by atoms with E-state index in [1.54, 1.807) is 0 Å². The monoisotopic (exact) mass is 136 g/mol. The first-order valence-corrected chi connectivity index (χ1v) is 4.02. The highest BCUT2D eigenvalue weighted by molar-refractivity contribution is 7.88. The van der Waals surface area contributed by atoms with Gasteiger partial charge in [-0.15, -0.1) is 0 Å². The maximum atomic E-state index is 10.4. The number of hydrogen-bond donors (Lipinski definition) is 0. The Morgan fingerprint density at radius 1 is 1.75 bits per heavy atom. The molecule has 0 aromatic carbocycles. The Morgan fingerprint density at radius 3 is 2.38 bits per heavy atom. The van der Waals surface area contributed by atoms with Crippen molar-refractivity contribution in [1.29, 1.82) is 0 Å². The largest absolute Gasteiger partial charge is 0.272 e. The molecule has 0 saturated carbocycles. The van der Waals surface area contributed by atoms with E-state index in [4.69, 9.17) is 0 Å². The van der Waals surface area contributed by atoms with Gasteiger partial charge in [0.25, 0.3) is 10.1 Å². The summed E-state index contributed by atoms with van der Waals surface area (Å²) in [5.41, 5.74) is 0. The van der Waals surface area contributed by atoms with E-state index in [1.807, 2.05) is 6.92 Å². The molecular formula is C4H8O3S. The number of hydrogen-bond acceptors (Lipinski definition) is 3. The van der Waals surface area contributed by atoms with Gasteiger partial charge in [-0.05, 0) is 6.42 Å². The summed E-state index contributed by atoms with van der Waals surface area (Å²) in [4.78, 5) is 0. The van der Waals surface area contributed by atoms with Gasteiger partial charge < -0.3 is 0 Å². The second-order valence-corrected chi connectivity index (χ2v) is 3.70. The van der Waals surface area contributed by atoms with Crippen molar-refractivity contribution in [3.8, 4) is 0 Å². The highest BCUT2D eigenvalue weighted by atomic mass is 32.2. The summed E-state index contributed by atoms with van der Waals surface area (Å²) in [6, 6.07) is 0. The van der Waals surface area contributed by atoms with E-state index in [0.29, 0.717) is 13.0 Å². The normalized spacial score (nSPS) is 33.9. The van der Waals surface area contributed by atoms with Gasteiger partial charge in [-0.2, -0.15) is 8.42 Å². The van der Waals surface area contributed by atoms with Crippen molar-refractivity contribution in [2.75, 3.05) is 6.61 Å². The standard InChI is InChI=1S/C4H8O3S/c1-2-4-3-7-8(4,5)6/h4H,2-3H2,1H3. The first-order valence-electron chi connectivity index (χ1n) is 2.55. The van der Waals surface area contributed by atoms with E-state index in [1.165, 1.54) is 0 Å². The lowest BCUT2D eigenvalue weighted by molar-refractivity contribution is 0.242. The molecule has 1 aliphatic rings. The van der Waals surface area contributed by atoms with Crippen LogP contribution in [0.1, 0.15) is 13.3 Å².